The van der Waals surface area contributed by atoms with E-state index in [2.05, 4.69) is 17.1 Å². The van der Waals surface area contributed by atoms with Crippen LogP contribution in [0.5, 0.6) is 0 Å². The lowest BCUT2D eigenvalue weighted by molar-refractivity contribution is -0.325. The lowest BCUT2D eigenvalue weighted by atomic mass is 9.95. The third-order valence-corrected chi connectivity index (χ3v) is 6.26. The fourth-order valence-corrected chi connectivity index (χ4v) is 5.09. The summed E-state index contributed by atoms with van der Waals surface area (Å²) in [7, 11) is 0. The molecule has 1 aromatic carbocycles. The highest BCUT2D eigenvalue weighted by Crippen LogP contribution is 2.41. The summed E-state index contributed by atoms with van der Waals surface area (Å²) >= 11 is 1.65. The van der Waals surface area contributed by atoms with E-state index in [4.69, 9.17) is 10.7 Å². The molecule has 0 aliphatic heterocycles. The molecule has 26 heavy (non-hydrogen) atoms. The van der Waals surface area contributed by atoms with Gasteiger partial charge < -0.3 is 0 Å². The van der Waals surface area contributed by atoms with Gasteiger partial charge in [-0.2, -0.15) is 5.26 Å². The van der Waals surface area contributed by atoms with Gasteiger partial charge >= 0.3 is 0 Å². The molecule has 4 aromatic rings. The fourth-order valence-electron chi connectivity index (χ4n) is 3.88. The van der Waals surface area contributed by atoms with Crippen molar-refractivity contribution in [2.24, 2.45) is 0 Å². The van der Waals surface area contributed by atoms with Crippen LogP contribution in [0.4, 0.5) is 5.82 Å². The number of anilines is 1. The quantitative estimate of drug-likeness (QED) is 0.553. The van der Waals surface area contributed by atoms with Gasteiger partial charge in [-0.25, -0.2) is 9.97 Å². The van der Waals surface area contributed by atoms with Gasteiger partial charge in [0.05, 0.1) is 10.1 Å². The van der Waals surface area contributed by atoms with Crippen LogP contribution < -0.4 is 10.7 Å². The first kappa shape index (κ1) is 15.3. The fraction of sp³-hybridized carbons (Fsp3) is 0.190. The van der Waals surface area contributed by atoms with Crippen molar-refractivity contribution in [3.05, 3.63) is 53.2 Å². The standard InChI is InChI=1S/C21H16N4S/c22-11-15-17(12-6-2-1-3-7-12)19-18(25-20(15)23)14-10-13-8-4-5-9-16(13)24-21(14)26-19/h1-3,6-7,10H,4-5,8-9H2,(H2,23,25)/p+1. The highest BCUT2D eigenvalue weighted by molar-refractivity contribution is 7.25. The van der Waals surface area contributed by atoms with Crippen molar-refractivity contribution in [1.82, 2.24) is 4.98 Å². The van der Waals surface area contributed by atoms with E-state index in [1.54, 1.807) is 11.3 Å². The second kappa shape index (κ2) is 5.79. The zero-order chi connectivity index (χ0) is 17.7. The number of fused-ring (bicyclic) bond motifs is 4. The van der Waals surface area contributed by atoms with Crippen LogP contribution in [0.25, 0.3) is 31.6 Å². The minimum Gasteiger partial charge on any atom is -0.286 e. The number of hydrogen-bond donors (Lipinski definition) is 1. The minimum atomic E-state index is 0.413. The van der Waals surface area contributed by atoms with Gasteiger partial charge in [0.2, 0.25) is 0 Å². The number of aromatic amines is 1. The molecule has 0 radical (unpaired) electrons. The predicted molar refractivity (Wildman–Crippen MR) is 105 cm³/mol. The smallest absolute Gasteiger partial charge is 0.286 e. The lowest BCUT2D eigenvalue weighted by Crippen LogP contribution is -2.14. The van der Waals surface area contributed by atoms with Gasteiger partial charge in [-0.15, -0.1) is 11.3 Å². The summed E-state index contributed by atoms with van der Waals surface area (Å²) in [5.41, 5.74) is 12.2. The summed E-state index contributed by atoms with van der Waals surface area (Å²) in [6.45, 7) is 0. The van der Waals surface area contributed by atoms with Gasteiger partial charge in [0.25, 0.3) is 5.82 Å². The maximum absolute atomic E-state index is 9.71. The molecule has 0 saturated heterocycles. The Morgan fingerprint density at radius 2 is 1.96 bits per heavy atom. The lowest BCUT2D eigenvalue weighted by Gasteiger charge is -2.13. The number of rotatable bonds is 1. The van der Waals surface area contributed by atoms with Crippen LogP contribution in [0, 0.1) is 11.3 Å². The number of nitrogens with zero attached hydrogens (tertiary/aromatic N) is 2. The molecule has 1 aliphatic carbocycles. The number of nitrogens with one attached hydrogen (secondary N) is 1. The summed E-state index contributed by atoms with van der Waals surface area (Å²) in [4.78, 5) is 9.24. The summed E-state index contributed by atoms with van der Waals surface area (Å²) in [6, 6.07) is 14.6. The number of thiophene rings is 1. The number of benzene rings is 1. The largest absolute Gasteiger partial charge is 0.289 e. The van der Waals surface area contributed by atoms with Crippen LogP contribution in [0.1, 0.15) is 29.7 Å². The van der Waals surface area contributed by atoms with E-state index in [1.807, 2.05) is 30.3 Å². The van der Waals surface area contributed by atoms with Gasteiger partial charge in [-0.05, 0) is 42.9 Å². The van der Waals surface area contributed by atoms with E-state index >= 15 is 0 Å². The number of nitrogens with two attached hydrogens (primary N) is 1. The summed E-state index contributed by atoms with van der Waals surface area (Å²) in [5, 5.41) is 10.8. The molecule has 0 amide bonds. The zero-order valence-electron chi connectivity index (χ0n) is 14.2. The molecular weight excluding hydrogens is 340 g/mol. The Kier molecular flexibility index (Phi) is 3.41. The van der Waals surface area contributed by atoms with Crippen LogP contribution in [-0.2, 0) is 12.8 Å². The molecule has 3 aromatic heterocycles. The van der Waals surface area contributed by atoms with Crippen molar-refractivity contribution < 1.29 is 4.98 Å². The second-order valence-corrected chi connectivity index (χ2v) is 7.73. The number of nitriles is 1. The number of aromatic nitrogens is 2. The molecule has 0 spiro atoms. The molecule has 5 rings (SSSR count). The molecule has 0 saturated carbocycles. The SMILES string of the molecule is N#Cc1c(N)[nH+]c2c(sc3nc4c(cc32)CCCC4)c1-c1ccccc1. The monoisotopic (exact) mass is 357 g/mol. The Labute approximate surface area is 154 Å². The van der Waals surface area contributed by atoms with Gasteiger partial charge in [0.15, 0.2) is 5.52 Å². The third kappa shape index (κ3) is 2.19. The maximum atomic E-state index is 9.71. The first-order chi connectivity index (χ1) is 12.8. The number of hydrogen-bond acceptors (Lipinski definition) is 4. The average molecular weight is 357 g/mol. The number of nitrogen functional groups attached to an aromatic ring is 1. The topological polar surface area (TPSA) is 76.8 Å². The van der Waals surface area contributed by atoms with E-state index < -0.39 is 0 Å². The number of pyridine rings is 2. The van der Waals surface area contributed by atoms with Crippen molar-refractivity contribution >= 4 is 37.6 Å². The highest BCUT2D eigenvalue weighted by Gasteiger charge is 2.24. The summed E-state index contributed by atoms with van der Waals surface area (Å²) in [5.74, 6) is 0.413. The van der Waals surface area contributed by atoms with Crippen LogP contribution in [0.15, 0.2) is 36.4 Å². The highest BCUT2D eigenvalue weighted by atomic mass is 32.1. The molecule has 1 aliphatic rings. The van der Waals surface area contributed by atoms with E-state index in [9.17, 15) is 5.26 Å². The Bertz CT molecular complexity index is 1200. The van der Waals surface area contributed by atoms with E-state index in [1.165, 1.54) is 24.1 Å². The first-order valence-electron chi connectivity index (χ1n) is 8.81. The normalized spacial score (nSPS) is 13.7. The first-order valence-corrected chi connectivity index (χ1v) is 9.63. The molecule has 126 valence electrons. The molecule has 0 unspecified atom stereocenters. The Morgan fingerprint density at radius 1 is 1.15 bits per heavy atom. The molecular formula is C21H17N4S+. The van der Waals surface area contributed by atoms with Crippen LogP contribution in [0.3, 0.4) is 0 Å². The molecule has 4 nitrogen and oxygen atoms in total. The van der Waals surface area contributed by atoms with Gasteiger partial charge in [0, 0.05) is 11.3 Å². The average Bonchev–Trinajstić information content (AvgIpc) is 3.02. The zero-order valence-corrected chi connectivity index (χ0v) is 15.0. The molecule has 0 bridgehead atoms. The van der Waals surface area contributed by atoms with E-state index in [0.717, 1.165) is 44.4 Å². The Balaban J connectivity index is 1.92. The van der Waals surface area contributed by atoms with E-state index in [0.29, 0.717) is 11.4 Å². The van der Waals surface area contributed by atoms with Gasteiger partial charge in [0.1, 0.15) is 16.5 Å². The third-order valence-electron chi connectivity index (χ3n) is 5.14. The summed E-state index contributed by atoms with van der Waals surface area (Å²) < 4.78 is 1.05. The Morgan fingerprint density at radius 3 is 2.77 bits per heavy atom. The van der Waals surface area contributed by atoms with Crippen LogP contribution in [-0.4, -0.2) is 4.98 Å². The molecule has 0 fully saturated rings. The molecule has 3 heterocycles. The van der Waals surface area contributed by atoms with E-state index in [-0.39, 0.29) is 0 Å². The second-order valence-electron chi connectivity index (χ2n) is 6.73. The molecule has 0 atom stereocenters. The van der Waals surface area contributed by atoms with Crippen molar-refractivity contribution in [3.63, 3.8) is 0 Å². The molecule has 3 N–H and O–H groups in total. The van der Waals surface area contributed by atoms with Crippen molar-refractivity contribution in [1.29, 1.82) is 5.26 Å². The van der Waals surface area contributed by atoms with Crippen LogP contribution >= 0.6 is 11.3 Å². The van der Waals surface area contributed by atoms with Crippen molar-refractivity contribution in [2.45, 2.75) is 25.7 Å². The Hall–Kier alpha value is -2.97. The maximum Gasteiger partial charge on any atom is 0.289 e. The number of aryl methyl sites for hydroxylation is 2. The summed E-state index contributed by atoms with van der Waals surface area (Å²) in [6.07, 6.45) is 4.58. The van der Waals surface area contributed by atoms with Gasteiger partial charge in [-0.1, -0.05) is 30.3 Å². The predicted octanol–water partition coefficient (Wildman–Crippen LogP) is 4.26. The van der Waals surface area contributed by atoms with Gasteiger partial charge in [-0.3, -0.25) is 5.73 Å². The van der Waals surface area contributed by atoms with Crippen molar-refractivity contribution in [2.75, 3.05) is 5.73 Å². The number of H-pyrrole nitrogens is 1. The molecule has 5 heteroatoms. The van der Waals surface area contributed by atoms with Crippen LogP contribution in [0.2, 0.25) is 0 Å². The van der Waals surface area contributed by atoms with Crippen molar-refractivity contribution in [3.8, 4) is 17.2 Å². The minimum absolute atomic E-state index is 0.413.